The summed E-state index contributed by atoms with van der Waals surface area (Å²) in [5, 5.41) is 14.0. The van der Waals surface area contributed by atoms with Gasteiger partial charge >= 0.3 is 5.97 Å². The number of nitrogens with zero attached hydrogens (tertiary/aromatic N) is 2. The third-order valence-electron chi connectivity index (χ3n) is 6.50. The molecule has 1 aliphatic heterocycles. The molecule has 2 aliphatic rings. The first-order valence-corrected chi connectivity index (χ1v) is 11.9. The largest absolute Gasteiger partial charge is 0.478 e. The molecule has 1 aliphatic carbocycles. The number of carboxylic acids is 1. The lowest BCUT2D eigenvalue weighted by molar-refractivity contribution is 0.0697. The van der Waals surface area contributed by atoms with Gasteiger partial charge in [-0.1, -0.05) is 36.9 Å². The summed E-state index contributed by atoms with van der Waals surface area (Å²) in [7, 11) is 0. The third kappa shape index (κ3) is 4.23. The van der Waals surface area contributed by atoms with Crippen molar-refractivity contribution < 1.29 is 14.3 Å². The molecule has 1 saturated carbocycles. The number of furan rings is 1. The van der Waals surface area contributed by atoms with E-state index in [0.717, 1.165) is 24.3 Å². The van der Waals surface area contributed by atoms with E-state index in [4.69, 9.17) is 28.2 Å². The van der Waals surface area contributed by atoms with Crippen molar-refractivity contribution in [3.8, 4) is 11.3 Å². The molecule has 2 N–H and O–H groups in total. The van der Waals surface area contributed by atoms with Gasteiger partial charge in [-0.25, -0.2) is 4.79 Å². The monoisotopic (exact) mass is 481 g/mol. The zero-order chi connectivity index (χ0) is 22.9. The lowest BCUT2D eigenvalue weighted by Gasteiger charge is -2.36. The SMILES string of the molecule is O=C(O)c1ccc(Cl)c(-c2ccc([C@H]3[C@H](c4ccccn4)NC(=S)N3C3CCCCC3)o2)c1. The standard InChI is InChI=1S/C25H24ClN3O3S/c26-18-10-9-15(24(30)31)14-17(18)20-11-12-21(32-20)23-22(19-8-4-5-13-27-19)28-25(33)29(23)16-6-2-1-3-7-16/h4-5,8-14,16,22-23H,1-3,6-7H2,(H,28,33)(H,30,31)/t22-,23-/m0/s1. The molecule has 8 heteroatoms. The minimum Gasteiger partial charge on any atom is -0.478 e. The summed E-state index contributed by atoms with van der Waals surface area (Å²) in [6, 6.07) is 14.3. The van der Waals surface area contributed by atoms with E-state index in [-0.39, 0.29) is 17.6 Å². The van der Waals surface area contributed by atoms with E-state index in [0.29, 0.717) is 27.5 Å². The number of carboxylic acid groups (broad SMARTS) is 1. The zero-order valence-electron chi connectivity index (χ0n) is 17.9. The highest BCUT2D eigenvalue weighted by Gasteiger charge is 2.44. The van der Waals surface area contributed by atoms with Crippen molar-refractivity contribution >= 4 is 34.9 Å². The molecule has 3 aromatic rings. The van der Waals surface area contributed by atoms with Gasteiger partial charge in [-0.3, -0.25) is 4.98 Å². The van der Waals surface area contributed by atoms with Crippen LogP contribution in [0.25, 0.3) is 11.3 Å². The molecule has 0 spiro atoms. The van der Waals surface area contributed by atoms with Crippen molar-refractivity contribution in [2.75, 3.05) is 0 Å². The molecule has 170 valence electrons. The Bertz CT molecular complexity index is 1180. The van der Waals surface area contributed by atoms with Crippen LogP contribution in [0, 0.1) is 0 Å². The minimum absolute atomic E-state index is 0.152. The van der Waals surface area contributed by atoms with Gasteiger partial charge in [-0.2, -0.15) is 0 Å². The number of benzene rings is 1. The van der Waals surface area contributed by atoms with Gasteiger partial charge in [0.05, 0.1) is 22.3 Å². The number of hydrogen-bond donors (Lipinski definition) is 2. The van der Waals surface area contributed by atoms with Crippen LogP contribution in [-0.2, 0) is 0 Å². The van der Waals surface area contributed by atoms with E-state index in [1.165, 1.54) is 25.3 Å². The Morgan fingerprint density at radius 2 is 1.97 bits per heavy atom. The van der Waals surface area contributed by atoms with Gasteiger partial charge in [0.15, 0.2) is 5.11 Å². The quantitative estimate of drug-likeness (QED) is 0.433. The third-order valence-corrected chi connectivity index (χ3v) is 7.16. The summed E-state index contributed by atoms with van der Waals surface area (Å²) >= 11 is 12.2. The Labute approximate surface area is 202 Å². The van der Waals surface area contributed by atoms with Crippen LogP contribution in [0.5, 0.6) is 0 Å². The molecule has 33 heavy (non-hydrogen) atoms. The first kappa shape index (κ1) is 21.9. The van der Waals surface area contributed by atoms with E-state index in [1.807, 2.05) is 30.3 Å². The van der Waals surface area contributed by atoms with E-state index in [1.54, 1.807) is 18.3 Å². The zero-order valence-corrected chi connectivity index (χ0v) is 19.5. The lowest BCUT2D eigenvalue weighted by Crippen LogP contribution is -2.40. The Hall–Kier alpha value is -2.90. The molecule has 0 unspecified atom stereocenters. The number of aromatic carboxylic acids is 1. The summed E-state index contributed by atoms with van der Waals surface area (Å²) in [4.78, 5) is 18.3. The van der Waals surface area contributed by atoms with Gasteiger partial charge in [-0.15, -0.1) is 0 Å². The summed E-state index contributed by atoms with van der Waals surface area (Å²) in [5.41, 5.74) is 1.60. The number of carbonyl (C=O) groups is 1. The Morgan fingerprint density at radius 3 is 2.70 bits per heavy atom. The highest BCUT2D eigenvalue weighted by atomic mass is 35.5. The predicted molar refractivity (Wildman–Crippen MR) is 130 cm³/mol. The van der Waals surface area contributed by atoms with Gasteiger partial charge in [0.25, 0.3) is 0 Å². The van der Waals surface area contributed by atoms with Gasteiger partial charge in [0.1, 0.15) is 17.6 Å². The maximum Gasteiger partial charge on any atom is 0.335 e. The molecule has 0 bridgehead atoms. The average molecular weight is 482 g/mol. The number of pyridine rings is 1. The van der Waals surface area contributed by atoms with Crippen LogP contribution < -0.4 is 5.32 Å². The summed E-state index contributed by atoms with van der Waals surface area (Å²) in [6.07, 6.45) is 7.59. The second kappa shape index (κ2) is 9.15. The molecular formula is C25H24ClN3O3S. The average Bonchev–Trinajstić information content (AvgIpc) is 3.45. The molecule has 0 amide bonds. The Morgan fingerprint density at radius 1 is 1.15 bits per heavy atom. The number of nitrogens with one attached hydrogen (secondary N) is 1. The molecule has 1 aromatic carbocycles. The van der Waals surface area contributed by atoms with Crippen LogP contribution in [0.15, 0.2) is 59.1 Å². The number of thiocarbonyl (C=S) groups is 1. The second-order valence-electron chi connectivity index (χ2n) is 8.53. The highest BCUT2D eigenvalue weighted by Crippen LogP contribution is 2.44. The molecule has 6 nitrogen and oxygen atoms in total. The van der Waals surface area contributed by atoms with Crippen LogP contribution in [-0.4, -0.2) is 32.1 Å². The topological polar surface area (TPSA) is 78.6 Å². The molecule has 3 heterocycles. The van der Waals surface area contributed by atoms with E-state index < -0.39 is 5.97 Å². The van der Waals surface area contributed by atoms with Crippen molar-refractivity contribution in [1.82, 2.24) is 15.2 Å². The van der Waals surface area contributed by atoms with Gasteiger partial charge in [0.2, 0.25) is 0 Å². The Balaban J connectivity index is 1.56. The van der Waals surface area contributed by atoms with Crippen LogP contribution in [0.3, 0.4) is 0 Å². The number of hydrogen-bond acceptors (Lipinski definition) is 4. The number of rotatable bonds is 5. The van der Waals surface area contributed by atoms with Crippen molar-refractivity contribution in [1.29, 1.82) is 0 Å². The molecule has 2 aromatic heterocycles. The molecule has 0 radical (unpaired) electrons. The van der Waals surface area contributed by atoms with Gasteiger partial charge in [0, 0.05) is 17.8 Å². The Kier molecular flexibility index (Phi) is 6.08. The van der Waals surface area contributed by atoms with Crippen molar-refractivity contribution in [3.05, 3.63) is 76.8 Å². The van der Waals surface area contributed by atoms with Crippen LogP contribution in [0.4, 0.5) is 0 Å². The lowest BCUT2D eigenvalue weighted by atomic mass is 9.92. The van der Waals surface area contributed by atoms with Crippen molar-refractivity contribution in [3.63, 3.8) is 0 Å². The molecule has 2 atom stereocenters. The normalized spacial score (nSPS) is 21.2. The first-order chi connectivity index (χ1) is 16.0. The highest BCUT2D eigenvalue weighted by molar-refractivity contribution is 7.80. The maximum atomic E-state index is 11.5. The summed E-state index contributed by atoms with van der Waals surface area (Å²) in [5.74, 6) is 0.262. The van der Waals surface area contributed by atoms with Crippen LogP contribution in [0.2, 0.25) is 5.02 Å². The van der Waals surface area contributed by atoms with Crippen molar-refractivity contribution in [2.24, 2.45) is 0 Å². The predicted octanol–water partition coefficient (Wildman–Crippen LogP) is 6.00. The molecule has 5 rings (SSSR count). The van der Waals surface area contributed by atoms with Crippen LogP contribution in [0.1, 0.15) is 66.0 Å². The fourth-order valence-electron chi connectivity index (χ4n) is 4.93. The minimum atomic E-state index is -1.01. The van der Waals surface area contributed by atoms with Crippen LogP contribution >= 0.6 is 23.8 Å². The molecular weight excluding hydrogens is 458 g/mol. The molecule has 2 fully saturated rings. The van der Waals surface area contributed by atoms with E-state index >= 15 is 0 Å². The summed E-state index contributed by atoms with van der Waals surface area (Å²) < 4.78 is 6.34. The fraction of sp³-hybridized carbons (Fsp3) is 0.320. The fourth-order valence-corrected chi connectivity index (χ4v) is 5.53. The van der Waals surface area contributed by atoms with Crippen molar-refractivity contribution in [2.45, 2.75) is 50.2 Å². The number of aromatic nitrogens is 1. The van der Waals surface area contributed by atoms with Gasteiger partial charge < -0.3 is 19.7 Å². The van der Waals surface area contributed by atoms with E-state index in [2.05, 4.69) is 15.2 Å². The second-order valence-corrected chi connectivity index (χ2v) is 9.32. The van der Waals surface area contributed by atoms with E-state index in [9.17, 15) is 9.90 Å². The smallest absolute Gasteiger partial charge is 0.335 e. The maximum absolute atomic E-state index is 11.5. The first-order valence-electron chi connectivity index (χ1n) is 11.2. The molecule has 1 saturated heterocycles. The number of halogens is 1. The van der Waals surface area contributed by atoms with Gasteiger partial charge in [-0.05, 0) is 67.5 Å². The summed E-state index contributed by atoms with van der Waals surface area (Å²) in [6.45, 7) is 0.